The highest BCUT2D eigenvalue weighted by molar-refractivity contribution is 6.53. The van der Waals surface area contributed by atoms with Crippen LogP contribution in [0.3, 0.4) is 0 Å². The third-order valence-corrected chi connectivity index (χ3v) is 5.94. The van der Waals surface area contributed by atoms with Gasteiger partial charge in [0.1, 0.15) is 16.5 Å². The number of hydrogen-bond acceptors (Lipinski definition) is 5. The highest BCUT2D eigenvalue weighted by Crippen LogP contribution is 2.35. The summed E-state index contributed by atoms with van der Waals surface area (Å²) in [6.45, 7) is 1.87. The maximum absolute atomic E-state index is 13.1. The van der Waals surface area contributed by atoms with Gasteiger partial charge < -0.3 is 15.4 Å². The molecule has 0 radical (unpaired) electrons. The molecule has 0 fully saturated rings. The number of para-hydroxylation sites is 2. The van der Waals surface area contributed by atoms with Crippen LogP contribution in [0.25, 0.3) is 0 Å². The largest absolute Gasteiger partial charge is 0.495 e. The summed E-state index contributed by atoms with van der Waals surface area (Å²) >= 11 is 12.4. The quantitative estimate of drug-likeness (QED) is 0.450. The average molecular weight is 496 g/mol. The summed E-state index contributed by atoms with van der Waals surface area (Å²) in [6, 6.07) is 18.3. The highest BCUT2D eigenvalue weighted by atomic mass is 35.5. The van der Waals surface area contributed by atoms with Gasteiger partial charge in [-0.15, -0.1) is 0 Å². The van der Waals surface area contributed by atoms with Gasteiger partial charge in [0.25, 0.3) is 17.7 Å². The second-order valence-electron chi connectivity index (χ2n) is 7.43. The zero-order valence-electron chi connectivity index (χ0n) is 18.2. The van der Waals surface area contributed by atoms with Crippen molar-refractivity contribution >= 4 is 58.0 Å². The van der Waals surface area contributed by atoms with Gasteiger partial charge in [0.2, 0.25) is 0 Å². The molecule has 172 valence electrons. The summed E-state index contributed by atoms with van der Waals surface area (Å²) in [7, 11) is 1.44. The van der Waals surface area contributed by atoms with E-state index < -0.39 is 11.8 Å². The van der Waals surface area contributed by atoms with E-state index in [9.17, 15) is 14.4 Å². The van der Waals surface area contributed by atoms with Crippen LogP contribution in [-0.2, 0) is 9.59 Å². The van der Waals surface area contributed by atoms with Crippen LogP contribution >= 0.6 is 23.2 Å². The van der Waals surface area contributed by atoms with Crippen LogP contribution in [0.4, 0.5) is 17.1 Å². The Hall–Kier alpha value is -3.81. The van der Waals surface area contributed by atoms with Crippen molar-refractivity contribution in [3.8, 4) is 5.75 Å². The molecule has 0 spiro atoms. The highest BCUT2D eigenvalue weighted by Gasteiger charge is 2.40. The Morgan fingerprint density at radius 3 is 2.41 bits per heavy atom. The molecule has 7 nitrogen and oxygen atoms in total. The van der Waals surface area contributed by atoms with Crippen molar-refractivity contribution < 1.29 is 19.1 Å². The zero-order valence-corrected chi connectivity index (χ0v) is 19.7. The summed E-state index contributed by atoms with van der Waals surface area (Å²) in [5.74, 6) is -1.33. The number of halogens is 2. The topological polar surface area (TPSA) is 87.7 Å². The average Bonchev–Trinajstić information content (AvgIpc) is 3.04. The molecule has 3 amide bonds. The first kappa shape index (κ1) is 23.4. The fourth-order valence-electron chi connectivity index (χ4n) is 3.40. The van der Waals surface area contributed by atoms with E-state index in [0.29, 0.717) is 27.7 Å². The van der Waals surface area contributed by atoms with E-state index in [1.807, 2.05) is 6.92 Å². The Balaban J connectivity index is 1.55. The molecule has 1 aliphatic rings. The number of methoxy groups -OCH3 is 1. The molecule has 0 bridgehead atoms. The number of ether oxygens (including phenoxy) is 1. The number of nitrogens with zero attached hydrogens (tertiary/aromatic N) is 1. The minimum absolute atomic E-state index is 0.0968. The van der Waals surface area contributed by atoms with Crippen molar-refractivity contribution in [1.82, 2.24) is 0 Å². The van der Waals surface area contributed by atoms with Gasteiger partial charge in [0.05, 0.1) is 12.8 Å². The number of imide groups is 1. The van der Waals surface area contributed by atoms with Gasteiger partial charge >= 0.3 is 0 Å². The number of hydrogen-bond donors (Lipinski definition) is 2. The van der Waals surface area contributed by atoms with Crippen LogP contribution in [0.1, 0.15) is 15.9 Å². The third kappa shape index (κ3) is 4.48. The van der Waals surface area contributed by atoms with Gasteiger partial charge in [-0.25, -0.2) is 4.90 Å². The minimum Gasteiger partial charge on any atom is -0.495 e. The lowest BCUT2D eigenvalue weighted by Gasteiger charge is -2.18. The van der Waals surface area contributed by atoms with Crippen molar-refractivity contribution in [2.24, 2.45) is 0 Å². The maximum atomic E-state index is 13.1. The number of anilines is 3. The number of carbonyl (C=O) groups is 3. The van der Waals surface area contributed by atoms with Crippen molar-refractivity contribution in [3.63, 3.8) is 0 Å². The summed E-state index contributed by atoms with van der Waals surface area (Å²) in [4.78, 5) is 39.5. The van der Waals surface area contributed by atoms with E-state index in [0.717, 1.165) is 10.5 Å². The number of carbonyl (C=O) groups excluding carboxylic acids is 3. The van der Waals surface area contributed by atoms with E-state index in [4.69, 9.17) is 27.9 Å². The summed E-state index contributed by atoms with van der Waals surface area (Å²) in [5.41, 5.74) is 2.37. The van der Waals surface area contributed by atoms with E-state index in [-0.39, 0.29) is 22.3 Å². The van der Waals surface area contributed by atoms with Gasteiger partial charge in [0, 0.05) is 22.0 Å². The Morgan fingerprint density at radius 2 is 1.68 bits per heavy atom. The predicted molar refractivity (Wildman–Crippen MR) is 133 cm³/mol. The molecule has 9 heteroatoms. The molecule has 0 saturated carbocycles. The van der Waals surface area contributed by atoms with Crippen molar-refractivity contribution in [2.45, 2.75) is 6.92 Å². The lowest BCUT2D eigenvalue weighted by Crippen LogP contribution is -2.32. The smallest absolute Gasteiger partial charge is 0.283 e. The molecule has 34 heavy (non-hydrogen) atoms. The van der Waals surface area contributed by atoms with Crippen LogP contribution in [0.15, 0.2) is 77.5 Å². The first-order valence-electron chi connectivity index (χ1n) is 10.2. The monoisotopic (exact) mass is 495 g/mol. The fourth-order valence-corrected chi connectivity index (χ4v) is 3.79. The maximum Gasteiger partial charge on any atom is 0.283 e. The first-order chi connectivity index (χ1) is 16.3. The van der Waals surface area contributed by atoms with Crippen LogP contribution in [-0.4, -0.2) is 24.8 Å². The summed E-state index contributed by atoms with van der Waals surface area (Å²) < 4.78 is 5.27. The minimum atomic E-state index is -0.677. The lowest BCUT2D eigenvalue weighted by atomic mass is 10.1. The number of amides is 3. The van der Waals surface area contributed by atoms with Gasteiger partial charge in [-0.2, -0.15) is 0 Å². The Labute approximate surface area is 205 Å². The molecule has 0 saturated heterocycles. The van der Waals surface area contributed by atoms with Gasteiger partial charge in [-0.3, -0.25) is 14.4 Å². The number of benzene rings is 3. The molecule has 1 heterocycles. The van der Waals surface area contributed by atoms with E-state index >= 15 is 0 Å². The molecule has 2 N–H and O–H groups in total. The molecule has 0 unspecified atom stereocenters. The molecule has 0 aliphatic carbocycles. The first-order valence-corrected chi connectivity index (χ1v) is 10.9. The molecule has 0 atom stereocenters. The van der Waals surface area contributed by atoms with Gasteiger partial charge in [0.15, 0.2) is 0 Å². The van der Waals surface area contributed by atoms with Crippen molar-refractivity contribution in [2.75, 3.05) is 22.6 Å². The Kier molecular flexibility index (Phi) is 6.58. The van der Waals surface area contributed by atoms with Crippen LogP contribution < -0.4 is 20.3 Å². The Morgan fingerprint density at radius 1 is 0.912 bits per heavy atom. The second kappa shape index (κ2) is 9.59. The molecule has 3 aromatic rings. The summed E-state index contributed by atoms with van der Waals surface area (Å²) in [6.07, 6.45) is 0. The standard InChI is InChI=1S/C25H19Cl2N3O4/c1-14-10-11-17(13-18(14)26)29-23(31)15-6-5-7-16(12-15)28-22-21(27)24(32)30(25(22)33)19-8-3-4-9-20(19)34-2/h3-13,28H,1-2H3,(H,29,31). The molecule has 3 aromatic carbocycles. The van der Waals surface area contributed by atoms with Crippen molar-refractivity contribution in [3.05, 3.63) is 93.6 Å². The Bertz CT molecular complexity index is 1350. The number of rotatable bonds is 6. The molecule has 4 rings (SSSR count). The normalized spacial score (nSPS) is 13.4. The van der Waals surface area contributed by atoms with Gasteiger partial charge in [-0.05, 0) is 55.0 Å². The summed E-state index contributed by atoms with van der Waals surface area (Å²) in [5, 5.41) is 5.93. The third-order valence-electron chi connectivity index (χ3n) is 5.18. The molecule has 1 aliphatic heterocycles. The second-order valence-corrected chi connectivity index (χ2v) is 8.22. The SMILES string of the molecule is COc1ccccc1N1C(=O)C(Cl)=C(Nc2cccc(C(=O)Nc3ccc(C)c(Cl)c3)c2)C1=O. The zero-order chi connectivity index (χ0) is 24.4. The number of nitrogens with one attached hydrogen (secondary N) is 2. The molecule has 0 aromatic heterocycles. The van der Waals surface area contributed by atoms with E-state index in [1.165, 1.54) is 7.11 Å². The van der Waals surface area contributed by atoms with Crippen molar-refractivity contribution in [1.29, 1.82) is 0 Å². The van der Waals surface area contributed by atoms with Crippen LogP contribution in [0.2, 0.25) is 5.02 Å². The van der Waals surface area contributed by atoms with E-state index in [1.54, 1.807) is 66.7 Å². The number of aryl methyl sites for hydroxylation is 1. The molecular weight excluding hydrogens is 477 g/mol. The predicted octanol–water partition coefficient (Wildman–Crippen LogP) is 5.35. The molecular formula is C25H19Cl2N3O4. The van der Waals surface area contributed by atoms with Gasteiger partial charge in [-0.1, -0.05) is 47.5 Å². The van der Waals surface area contributed by atoms with E-state index in [2.05, 4.69) is 10.6 Å². The van der Waals surface area contributed by atoms with Crippen LogP contribution in [0, 0.1) is 6.92 Å². The lowest BCUT2D eigenvalue weighted by molar-refractivity contribution is -0.120. The fraction of sp³-hybridized carbons (Fsp3) is 0.0800. The van der Waals surface area contributed by atoms with Crippen LogP contribution in [0.5, 0.6) is 5.75 Å².